The van der Waals surface area contributed by atoms with Crippen molar-refractivity contribution in [2.75, 3.05) is 40.0 Å². The molecule has 1 amide bonds. The summed E-state index contributed by atoms with van der Waals surface area (Å²) in [6, 6.07) is 0.444. The van der Waals surface area contributed by atoms with Gasteiger partial charge in [0.1, 0.15) is 15.6 Å². The fourth-order valence-electron chi connectivity index (χ4n) is 4.51. The molecule has 29 heavy (non-hydrogen) atoms. The molecule has 3 heterocycles. The Labute approximate surface area is 176 Å². The quantitative estimate of drug-likeness (QED) is 0.792. The van der Waals surface area contributed by atoms with Gasteiger partial charge in [0.05, 0.1) is 12.7 Å². The Morgan fingerprint density at radius 1 is 1.34 bits per heavy atom. The first-order chi connectivity index (χ1) is 14.1. The van der Waals surface area contributed by atoms with Gasteiger partial charge in [0.25, 0.3) is 5.91 Å². The number of allylic oxidation sites excluding steroid dienone is 2. The van der Waals surface area contributed by atoms with Crippen molar-refractivity contribution in [3.05, 3.63) is 39.8 Å². The van der Waals surface area contributed by atoms with Crippen LogP contribution in [0, 0.1) is 11.8 Å². The van der Waals surface area contributed by atoms with Gasteiger partial charge in [-0.1, -0.05) is 13.0 Å². The van der Waals surface area contributed by atoms with Crippen LogP contribution in [0.2, 0.25) is 0 Å². The van der Waals surface area contributed by atoms with Crippen LogP contribution >= 0.6 is 11.3 Å². The zero-order chi connectivity index (χ0) is 20.4. The summed E-state index contributed by atoms with van der Waals surface area (Å²) < 4.78 is 11.3. The smallest absolute Gasteiger partial charge is 0.262 e. The van der Waals surface area contributed by atoms with Crippen molar-refractivity contribution < 1.29 is 14.3 Å². The summed E-state index contributed by atoms with van der Waals surface area (Å²) in [5.74, 6) is 2.62. The van der Waals surface area contributed by atoms with Crippen molar-refractivity contribution in [1.82, 2.24) is 20.1 Å². The van der Waals surface area contributed by atoms with Gasteiger partial charge in [0.15, 0.2) is 5.76 Å². The molecule has 0 aromatic carbocycles. The van der Waals surface area contributed by atoms with Crippen molar-refractivity contribution in [3.8, 4) is 0 Å². The number of thiazole rings is 1. The maximum absolute atomic E-state index is 11.8. The van der Waals surface area contributed by atoms with Crippen LogP contribution in [0.15, 0.2) is 29.9 Å². The normalized spacial score (nSPS) is 26.4. The molecule has 1 aromatic rings. The van der Waals surface area contributed by atoms with Crippen LogP contribution in [0.4, 0.5) is 0 Å². The molecule has 7 nitrogen and oxygen atoms in total. The van der Waals surface area contributed by atoms with Gasteiger partial charge >= 0.3 is 0 Å². The van der Waals surface area contributed by atoms with Crippen LogP contribution in [0.5, 0.6) is 0 Å². The summed E-state index contributed by atoms with van der Waals surface area (Å²) >= 11 is 1.49. The van der Waals surface area contributed by atoms with Crippen LogP contribution in [0.25, 0.3) is 0 Å². The summed E-state index contributed by atoms with van der Waals surface area (Å²) in [7, 11) is 1.65. The topological polar surface area (TPSA) is 66.9 Å². The van der Waals surface area contributed by atoms with Gasteiger partial charge in [0, 0.05) is 38.0 Å². The number of nitrogens with zero attached hydrogens (tertiary/aromatic N) is 3. The molecule has 2 aliphatic heterocycles. The number of ether oxygens (including phenoxy) is 2. The van der Waals surface area contributed by atoms with Gasteiger partial charge in [-0.3, -0.25) is 14.6 Å². The molecule has 0 saturated carbocycles. The molecule has 0 bridgehead atoms. The van der Waals surface area contributed by atoms with E-state index < -0.39 is 0 Å². The van der Waals surface area contributed by atoms with Crippen molar-refractivity contribution in [3.63, 3.8) is 0 Å². The third-order valence-corrected chi connectivity index (χ3v) is 7.23. The number of carbonyl (C=O) groups excluding carboxylic acids is 1. The monoisotopic (exact) mass is 418 g/mol. The lowest BCUT2D eigenvalue weighted by Crippen LogP contribution is -2.43. The van der Waals surface area contributed by atoms with Crippen LogP contribution < -0.4 is 5.32 Å². The molecule has 1 N–H and O–H groups in total. The SMILES string of the molecule is CNC(=O)c1cnc(CN2CCCN([C@@H](C)C3C=CC4=C(OCO4)C3C)CC2)s1. The van der Waals surface area contributed by atoms with Crippen LogP contribution in [-0.4, -0.2) is 66.8 Å². The van der Waals surface area contributed by atoms with Gasteiger partial charge in [-0.2, -0.15) is 0 Å². The molecule has 0 spiro atoms. The molecule has 8 heteroatoms. The van der Waals surface area contributed by atoms with E-state index in [-0.39, 0.29) is 5.91 Å². The molecule has 4 rings (SSSR count). The number of carbonyl (C=O) groups is 1. The lowest BCUT2D eigenvalue weighted by Gasteiger charge is -2.36. The van der Waals surface area contributed by atoms with E-state index in [2.05, 4.69) is 46.1 Å². The van der Waals surface area contributed by atoms with Gasteiger partial charge < -0.3 is 14.8 Å². The third-order valence-electron chi connectivity index (χ3n) is 6.25. The fourth-order valence-corrected chi connectivity index (χ4v) is 5.41. The largest absolute Gasteiger partial charge is 0.458 e. The van der Waals surface area contributed by atoms with Crippen LogP contribution in [-0.2, 0) is 16.0 Å². The molecule has 2 unspecified atom stereocenters. The molecule has 158 valence electrons. The fraction of sp³-hybridized carbons (Fsp3) is 0.619. The Kier molecular flexibility index (Phi) is 6.22. The first kappa shape index (κ1) is 20.4. The van der Waals surface area contributed by atoms with Gasteiger partial charge in [0.2, 0.25) is 6.79 Å². The highest BCUT2D eigenvalue weighted by Crippen LogP contribution is 2.37. The minimum atomic E-state index is -0.0609. The van der Waals surface area contributed by atoms with Gasteiger partial charge in [-0.25, -0.2) is 4.98 Å². The van der Waals surface area contributed by atoms with E-state index in [1.165, 1.54) is 11.3 Å². The van der Waals surface area contributed by atoms with Crippen molar-refractivity contribution in [1.29, 1.82) is 0 Å². The Morgan fingerprint density at radius 3 is 3.03 bits per heavy atom. The van der Waals surface area contributed by atoms with Crippen molar-refractivity contribution in [2.24, 2.45) is 11.8 Å². The third kappa shape index (κ3) is 4.34. The maximum Gasteiger partial charge on any atom is 0.262 e. The zero-order valence-electron chi connectivity index (χ0n) is 17.4. The molecule has 1 aliphatic carbocycles. The molecular formula is C21H30N4O3S. The van der Waals surface area contributed by atoms with Gasteiger partial charge in [-0.05, 0) is 32.5 Å². The number of amides is 1. The molecule has 1 fully saturated rings. The van der Waals surface area contributed by atoms with Crippen molar-refractivity contribution >= 4 is 17.2 Å². The number of nitrogens with one attached hydrogen (secondary N) is 1. The second kappa shape index (κ2) is 8.85. The lowest BCUT2D eigenvalue weighted by atomic mass is 9.82. The average Bonchev–Trinajstić information content (AvgIpc) is 3.33. The summed E-state index contributed by atoms with van der Waals surface area (Å²) in [4.78, 5) is 21.9. The number of hydrogen-bond donors (Lipinski definition) is 1. The summed E-state index contributed by atoms with van der Waals surface area (Å²) in [6.07, 6.45) is 7.19. The van der Waals surface area contributed by atoms with Crippen molar-refractivity contribution in [2.45, 2.75) is 32.9 Å². The number of aromatic nitrogens is 1. The minimum absolute atomic E-state index is 0.0609. The predicted octanol–water partition coefficient (Wildman–Crippen LogP) is 2.44. The first-order valence-electron chi connectivity index (χ1n) is 10.4. The van der Waals surface area contributed by atoms with E-state index in [9.17, 15) is 4.79 Å². The molecule has 1 aromatic heterocycles. The second-order valence-electron chi connectivity index (χ2n) is 7.96. The van der Waals surface area contributed by atoms with E-state index in [1.54, 1.807) is 13.2 Å². The summed E-state index contributed by atoms with van der Waals surface area (Å²) in [6.45, 7) is 9.93. The Bertz CT molecular complexity index is 806. The van der Waals surface area contributed by atoms with E-state index >= 15 is 0 Å². The first-order valence-corrected chi connectivity index (χ1v) is 11.2. The molecule has 0 radical (unpaired) electrons. The molecular weight excluding hydrogens is 388 g/mol. The lowest BCUT2D eigenvalue weighted by molar-refractivity contribution is 0.0601. The Hall–Kier alpha value is -1.90. The van der Waals surface area contributed by atoms with Gasteiger partial charge in [-0.15, -0.1) is 11.3 Å². The predicted molar refractivity (Wildman–Crippen MR) is 112 cm³/mol. The second-order valence-corrected chi connectivity index (χ2v) is 9.08. The van der Waals surface area contributed by atoms with Crippen LogP contribution in [0.3, 0.4) is 0 Å². The minimum Gasteiger partial charge on any atom is -0.458 e. The highest BCUT2D eigenvalue weighted by Gasteiger charge is 2.36. The maximum atomic E-state index is 11.8. The van der Waals surface area contributed by atoms with E-state index in [1.807, 2.05) is 0 Å². The van der Waals surface area contributed by atoms with E-state index in [0.717, 1.165) is 55.7 Å². The number of hydrogen-bond acceptors (Lipinski definition) is 7. The Balaban J connectivity index is 1.33. The highest BCUT2D eigenvalue weighted by molar-refractivity contribution is 7.13. The molecule has 3 atom stereocenters. The molecule has 1 saturated heterocycles. The summed E-state index contributed by atoms with van der Waals surface area (Å²) in [5.41, 5.74) is 0. The average molecular weight is 419 g/mol. The Morgan fingerprint density at radius 2 is 2.21 bits per heavy atom. The van der Waals surface area contributed by atoms with Crippen LogP contribution in [0.1, 0.15) is 34.9 Å². The highest BCUT2D eigenvalue weighted by atomic mass is 32.1. The number of rotatable bonds is 5. The molecule has 3 aliphatic rings. The van der Waals surface area contributed by atoms with E-state index in [4.69, 9.17) is 9.47 Å². The standard InChI is InChI=1S/C21H30N4O3S/c1-14-16(5-6-17-20(14)28-13-27-17)15(2)25-8-4-7-24(9-10-25)12-19-23-11-18(29-19)21(26)22-3/h5-6,11,14-16H,4,7-10,12-13H2,1-3H3,(H,22,26)/t14?,15-,16?/m0/s1. The zero-order valence-corrected chi connectivity index (χ0v) is 18.2. The van der Waals surface area contributed by atoms with E-state index in [0.29, 0.717) is 29.5 Å². The summed E-state index contributed by atoms with van der Waals surface area (Å²) in [5, 5.41) is 3.67.